The van der Waals surface area contributed by atoms with E-state index in [4.69, 9.17) is 10.8 Å². The van der Waals surface area contributed by atoms with Crippen LogP contribution in [0.25, 0.3) is 0 Å². The molecule has 0 spiro atoms. The molecule has 3 heteroatoms. The molecule has 2 nitrogen and oxygen atoms in total. The van der Waals surface area contributed by atoms with Crippen molar-refractivity contribution in [2.24, 2.45) is 11.7 Å². The zero-order valence-electron chi connectivity index (χ0n) is 7.63. The maximum Gasteiger partial charge on any atom is 0.0476 e. The van der Waals surface area contributed by atoms with E-state index in [1.54, 1.807) is 0 Å². The summed E-state index contributed by atoms with van der Waals surface area (Å²) in [6.45, 7) is 6.23. The first kappa shape index (κ1) is 14.0. The first-order valence-corrected chi connectivity index (χ1v) is 3.92. The molecule has 0 bridgehead atoms. The van der Waals surface area contributed by atoms with Crippen LogP contribution >= 0.6 is 17.0 Å². The lowest BCUT2D eigenvalue weighted by atomic mass is 9.86. The van der Waals surface area contributed by atoms with Crippen molar-refractivity contribution in [2.45, 2.75) is 39.2 Å². The summed E-state index contributed by atoms with van der Waals surface area (Å²) in [6, 6.07) is 0. The average Bonchev–Trinajstić information content (AvgIpc) is 1.80. The van der Waals surface area contributed by atoms with Gasteiger partial charge in [-0.1, -0.05) is 13.3 Å². The van der Waals surface area contributed by atoms with Crippen LogP contribution in [0.2, 0.25) is 0 Å². The van der Waals surface area contributed by atoms with Crippen molar-refractivity contribution < 1.29 is 5.11 Å². The number of aliphatic hydroxyl groups excluding tert-OH is 1. The van der Waals surface area contributed by atoms with Crippen LogP contribution in [-0.2, 0) is 0 Å². The van der Waals surface area contributed by atoms with Crippen molar-refractivity contribution in [2.75, 3.05) is 6.61 Å². The highest BCUT2D eigenvalue weighted by Crippen LogP contribution is 2.17. The van der Waals surface area contributed by atoms with Gasteiger partial charge in [-0.25, -0.2) is 0 Å². The van der Waals surface area contributed by atoms with E-state index in [9.17, 15) is 0 Å². The summed E-state index contributed by atoms with van der Waals surface area (Å²) in [6.07, 6.45) is 2.10. The van der Waals surface area contributed by atoms with Gasteiger partial charge in [0.25, 0.3) is 0 Å². The van der Waals surface area contributed by atoms with E-state index >= 15 is 0 Å². The Hall–Kier alpha value is 0.400. The van der Waals surface area contributed by atoms with Crippen LogP contribution < -0.4 is 5.73 Å². The van der Waals surface area contributed by atoms with Gasteiger partial charge < -0.3 is 10.8 Å². The highest BCUT2D eigenvalue weighted by atomic mass is 79.9. The smallest absolute Gasteiger partial charge is 0.0476 e. The topological polar surface area (TPSA) is 46.2 Å². The molecule has 0 heterocycles. The van der Waals surface area contributed by atoms with Crippen LogP contribution in [-0.4, -0.2) is 17.3 Å². The van der Waals surface area contributed by atoms with Gasteiger partial charge in [-0.15, -0.1) is 17.0 Å². The maximum atomic E-state index is 8.91. The summed E-state index contributed by atoms with van der Waals surface area (Å²) >= 11 is 0. The van der Waals surface area contributed by atoms with Gasteiger partial charge in [0.15, 0.2) is 0 Å². The largest absolute Gasteiger partial charge is 0.396 e. The molecule has 0 aliphatic carbocycles. The fourth-order valence-corrected chi connectivity index (χ4v) is 1.05. The molecule has 1 atom stereocenters. The summed E-state index contributed by atoms with van der Waals surface area (Å²) in [5, 5.41) is 8.91. The molecule has 0 fully saturated rings. The van der Waals surface area contributed by atoms with Crippen molar-refractivity contribution in [1.29, 1.82) is 0 Å². The molecule has 3 N–H and O–H groups in total. The number of hydrogen-bond acceptors (Lipinski definition) is 2. The van der Waals surface area contributed by atoms with Crippen LogP contribution in [0.4, 0.5) is 0 Å². The molecule has 11 heavy (non-hydrogen) atoms. The first-order chi connectivity index (χ1) is 4.52. The number of halogens is 1. The minimum absolute atomic E-state index is 0. The molecule has 1 unspecified atom stereocenters. The maximum absolute atomic E-state index is 8.91. The van der Waals surface area contributed by atoms with Crippen molar-refractivity contribution in [3.63, 3.8) is 0 Å². The predicted molar refractivity (Wildman–Crippen MR) is 54.1 cm³/mol. The first-order valence-electron chi connectivity index (χ1n) is 3.92. The lowest BCUT2D eigenvalue weighted by Crippen LogP contribution is -2.42. The SMILES string of the molecule is Br.CCCC(CO)C(C)(C)N. The summed E-state index contributed by atoms with van der Waals surface area (Å²) in [4.78, 5) is 0. The monoisotopic (exact) mass is 225 g/mol. The molecule has 0 aromatic carbocycles. The lowest BCUT2D eigenvalue weighted by molar-refractivity contribution is 0.161. The van der Waals surface area contributed by atoms with Crippen molar-refractivity contribution in [1.82, 2.24) is 0 Å². The third kappa shape index (κ3) is 5.65. The van der Waals surface area contributed by atoms with Gasteiger partial charge in [0.05, 0.1) is 0 Å². The van der Waals surface area contributed by atoms with Crippen LogP contribution in [0.1, 0.15) is 33.6 Å². The normalized spacial score (nSPS) is 13.9. The van der Waals surface area contributed by atoms with Gasteiger partial charge >= 0.3 is 0 Å². The van der Waals surface area contributed by atoms with Crippen LogP contribution in [0.15, 0.2) is 0 Å². The van der Waals surface area contributed by atoms with Crippen LogP contribution in [0, 0.1) is 5.92 Å². The Balaban J connectivity index is 0. The summed E-state index contributed by atoms with van der Waals surface area (Å²) in [7, 11) is 0. The highest BCUT2D eigenvalue weighted by Gasteiger charge is 2.22. The molecule has 0 rings (SSSR count). The van der Waals surface area contributed by atoms with Gasteiger partial charge in [-0.2, -0.15) is 0 Å². The molecule has 0 aliphatic rings. The highest BCUT2D eigenvalue weighted by molar-refractivity contribution is 8.93. The number of hydrogen-bond donors (Lipinski definition) is 2. The second-order valence-electron chi connectivity index (χ2n) is 3.49. The number of nitrogens with two attached hydrogens (primary N) is 1. The zero-order chi connectivity index (χ0) is 8.20. The van der Waals surface area contributed by atoms with E-state index in [0.717, 1.165) is 12.8 Å². The standard InChI is InChI=1S/C8H19NO.BrH/c1-4-5-7(6-10)8(2,3)9;/h7,10H,4-6,9H2,1-3H3;1H. The third-order valence-electron chi connectivity index (χ3n) is 1.91. The molecule has 0 amide bonds. The Kier molecular flexibility index (Phi) is 7.58. The number of aliphatic hydroxyl groups is 1. The Bertz CT molecular complexity index is 90.6. The van der Waals surface area contributed by atoms with Crippen molar-refractivity contribution >= 4 is 17.0 Å². The Morgan fingerprint density at radius 2 is 1.91 bits per heavy atom. The van der Waals surface area contributed by atoms with Crippen molar-refractivity contribution in [3.05, 3.63) is 0 Å². The second-order valence-corrected chi connectivity index (χ2v) is 3.49. The molecule has 70 valence electrons. The van der Waals surface area contributed by atoms with Crippen LogP contribution in [0.3, 0.4) is 0 Å². The van der Waals surface area contributed by atoms with E-state index in [1.807, 2.05) is 13.8 Å². The summed E-state index contributed by atoms with van der Waals surface area (Å²) in [5.41, 5.74) is 5.58. The van der Waals surface area contributed by atoms with E-state index < -0.39 is 0 Å². The van der Waals surface area contributed by atoms with E-state index in [0.29, 0.717) is 0 Å². The average molecular weight is 226 g/mol. The van der Waals surface area contributed by atoms with Gasteiger partial charge in [0.1, 0.15) is 0 Å². The predicted octanol–water partition coefficient (Wildman–Crippen LogP) is 1.71. The molecule has 0 saturated heterocycles. The second kappa shape index (κ2) is 5.98. The summed E-state index contributed by atoms with van der Waals surface area (Å²) in [5.74, 6) is 0.248. The molecule has 0 aromatic rings. The quantitative estimate of drug-likeness (QED) is 0.766. The van der Waals surface area contributed by atoms with Gasteiger partial charge in [-0.05, 0) is 26.2 Å². The minimum atomic E-state index is -0.231. The summed E-state index contributed by atoms with van der Waals surface area (Å²) < 4.78 is 0. The van der Waals surface area contributed by atoms with E-state index in [2.05, 4.69) is 6.92 Å². The Labute approximate surface area is 79.9 Å². The molecular weight excluding hydrogens is 206 g/mol. The zero-order valence-corrected chi connectivity index (χ0v) is 9.34. The third-order valence-corrected chi connectivity index (χ3v) is 1.91. The fourth-order valence-electron chi connectivity index (χ4n) is 1.05. The van der Waals surface area contributed by atoms with Gasteiger partial charge in [0.2, 0.25) is 0 Å². The lowest BCUT2D eigenvalue weighted by Gasteiger charge is -2.28. The van der Waals surface area contributed by atoms with E-state index in [1.165, 1.54) is 0 Å². The van der Waals surface area contributed by atoms with Gasteiger partial charge in [-0.3, -0.25) is 0 Å². The fraction of sp³-hybridized carbons (Fsp3) is 1.00. The molecule has 0 aliphatic heterocycles. The van der Waals surface area contributed by atoms with Crippen LogP contribution in [0.5, 0.6) is 0 Å². The molecule has 0 aromatic heterocycles. The van der Waals surface area contributed by atoms with Crippen molar-refractivity contribution in [3.8, 4) is 0 Å². The van der Waals surface area contributed by atoms with Gasteiger partial charge in [0, 0.05) is 12.1 Å². The Morgan fingerprint density at radius 3 is 2.00 bits per heavy atom. The Morgan fingerprint density at radius 1 is 1.45 bits per heavy atom. The molecule has 0 saturated carbocycles. The molecule has 0 radical (unpaired) electrons. The van der Waals surface area contributed by atoms with E-state index in [-0.39, 0.29) is 35.0 Å². The number of rotatable bonds is 4. The molecular formula is C8H20BrNO. The minimum Gasteiger partial charge on any atom is -0.396 e.